The van der Waals surface area contributed by atoms with E-state index in [2.05, 4.69) is 4.98 Å². The Labute approximate surface area is 98.5 Å². The second kappa shape index (κ2) is 4.86. The van der Waals surface area contributed by atoms with Crippen molar-refractivity contribution in [3.05, 3.63) is 42.1 Å². The molecule has 0 saturated heterocycles. The molecule has 2 rings (SSSR count). The van der Waals surface area contributed by atoms with Crippen LogP contribution in [-0.4, -0.2) is 11.6 Å². The van der Waals surface area contributed by atoms with E-state index >= 15 is 0 Å². The maximum Gasteiger partial charge on any atom is 0.129 e. The van der Waals surface area contributed by atoms with Gasteiger partial charge in [-0.05, 0) is 30.3 Å². The molecule has 0 aliphatic heterocycles. The number of rotatable bonds is 3. The summed E-state index contributed by atoms with van der Waals surface area (Å²) in [5, 5.41) is 0.908. The predicted molar refractivity (Wildman–Crippen MR) is 66.6 cm³/mol. The number of anilines is 1. The Morgan fingerprint density at radius 2 is 2.25 bits per heavy atom. The molecule has 16 heavy (non-hydrogen) atoms. The van der Waals surface area contributed by atoms with E-state index < -0.39 is 0 Å². The molecule has 0 saturated carbocycles. The van der Waals surface area contributed by atoms with E-state index in [0.717, 1.165) is 16.7 Å². The SMILES string of the molecule is Nc1ccc(OC/C=C/Cl)c2cccnc12. The van der Waals surface area contributed by atoms with E-state index in [-0.39, 0.29) is 0 Å². The molecule has 2 aromatic rings. The minimum atomic E-state index is 0.428. The summed E-state index contributed by atoms with van der Waals surface area (Å²) in [6.45, 7) is 0.428. The lowest BCUT2D eigenvalue weighted by Crippen LogP contribution is -1.96. The second-order valence-corrected chi connectivity index (χ2v) is 3.48. The number of nitrogens with two attached hydrogens (primary N) is 1. The van der Waals surface area contributed by atoms with Gasteiger partial charge in [0, 0.05) is 17.1 Å². The van der Waals surface area contributed by atoms with E-state index in [4.69, 9.17) is 22.1 Å². The number of hydrogen-bond donors (Lipinski definition) is 1. The molecule has 0 radical (unpaired) electrons. The molecule has 0 bridgehead atoms. The molecule has 0 unspecified atom stereocenters. The first-order chi connectivity index (χ1) is 7.83. The lowest BCUT2D eigenvalue weighted by atomic mass is 10.2. The fourth-order valence-electron chi connectivity index (χ4n) is 1.47. The van der Waals surface area contributed by atoms with Crippen LogP contribution in [0.4, 0.5) is 5.69 Å². The quantitative estimate of drug-likeness (QED) is 0.831. The average Bonchev–Trinajstić information content (AvgIpc) is 2.33. The largest absolute Gasteiger partial charge is 0.489 e. The van der Waals surface area contributed by atoms with Crippen LogP contribution in [0.5, 0.6) is 5.75 Å². The number of aromatic nitrogens is 1. The molecule has 4 heteroatoms. The summed E-state index contributed by atoms with van der Waals surface area (Å²) in [7, 11) is 0. The number of nitrogens with zero attached hydrogens (tertiary/aromatic N) is 1. The van der Waals surface area contributed by atoms with Crippen LogP contribution in [0.1, 0.15) is 0 Å². The maximum atomic E-state index is 5.83. The summed E-state index contributed by atoms with van der Waals surface area (Å²) >= 11 is 5.42. The van der Waals surface area contributed by atoms with Gasteiger partial charge in [-0.1, -0.05) is 11.6 Å². The monoisotopic (exact) mass is 234 g/mol. The van der Waals surface area contributed by atoms with Gasteiger partial charge in [0.25, 0.3) is 0 Å². The third-order valence-electron chi connectivity index (χ3n) is 2.19. The molecule has 0 aliphatic rings. The van der Waals surface area contributed by atoms with Gasteiger partial charge < -0.3 is 10.5 Å². The highest BCUT2D eigenvalue weighted by Crippen LogP contribution is 2.28. The minimum Gasteiger partial charge on any atom is -0.489 e. The second-order valence-electron chi connectivity index (χ2n) is 3.23. The summed E-state index contributed by atoms with van der Waals surface area (Å²) in [4.78, 5) is 4.22. The normalized spacial score (nSPS) is 11.1. The smallest absolute Gasteiger partial charge is 0.129 e. The molecular formula is C12H11ClN2O. The lowest BCUT2D eigenvalue weighted by molar-refractivity contribution is 0.367. The Bertz CT molecular complexity index is 525. The van der Waals surface area contributed by atoms with Crippen molar-refractivity contribution in [1.82, 2.24) is 4.98 Å². The number of pyridine rings is 1. The molecule has 1 aromatic carbocycles. The van der Waals surface area contributed by atoms with E-state index in [1.807, 2.05) is 18.2 Å². The summed E-state index contributed by atoms with van der Waals surface area (Å²) in [6, 6.07) is 7.40. The average molecular weight is 235 g/mol. The fourth-order valence-corrected chi connectivity index (χ4v) is 1.54. The van der Waals surface area contributed by atoms with Crippen molar-refractivity contribution in [3.8, 4) is 5.75 Å². The maximum absolute atomic E-state index is 5.83. The Morgan fingerprint density at radius 1 is 1.38 bits per heavy atom. The number of hydrogen-bond acceptors (Lipinski definition) is 3. The summed E-state index contributed by atoms with van der Waals surface area (Å²) in [6.07, 6.45) is 3.43. The van der Waals surface area contributed by atoms with Crippen molar-refractivity contribution >= 4 is 28.2 Å². The third kappa shape index (κ3) is 2.09. The van der Waals surface area contributed by atoms with E-state index in [9.17, 15) is 0 Å². The Kier molecular flexibility index (Phi) is 3.27. The van der Waals surface area contributed by atoms with Crippen LogP contribution >= 0.6 is 11.6 Å². The molecule has 0 spiro atoms. The van der Waals surface area contributed by atoms with E-state index in [1.165, 1.54) is 5.54 Å². The van der Waals surface area contributed by atoms with Gasteiger partial charge in [0.05, 0.1) is 11.2 Å². The van der Waals surface area contributed by atoms with Gasteiger partial charge in [-0.25, -0.2) is 0 Å². The molecule has 0 aliphatic carbocycles. The molecule has 1 aromatic heterocycles. The van der Waals surface area contributed by atoms with Crippen LogP contribution in [0.2, 0.25) is 0 Å². The van der Waals surface area contributed by atoms with Crippen LogP contribution in [0.15, 0.2) is 42.1 Å². The number of benzene rings is 1. The van der Waals surface area contributed by atoms with Crippen molar-refractivity contribution in [2.75, 3.05) is 12.3 Å². The van der Waals surface area contributed by atoms with Crippen molar-refractivity contribution in [1.29, 1.82) is 0 Å². The van der Waals surface area contributed by atoms with Gasteiger partial charge in [0.2, 0.25) is 0 Å². The Balaban J connectivity index is 2.42. The van der Waals surface area contributed by atoms with Crippen LogP contribution < -0.4 is 10.5 Å². The summed E-state index contributed by atoms with van der Waals surface area (Å²) < 4.78 is 5.55. The molecular weight excluding hydrogens is 224 g/mol. The highest BCUT2D eigenvalue weighted by atomic mass is 35.5. The predicted octanol–water partition coefficient (Wildman–Crippen LogP) is 2.95. The lowest BCUT2D eigenvalue weighted by Gasteiger charge is -2.08. The van der Waals surface area contributed by atoms with Gasteiger partial charge in [-0.3, -0.25) is 4.98 Å². The van der Waals surface area contributed by atoms with E-state index in [1.54, 1.807) is 18.3 Å². The molecule has 82 valence electrons. The molecule has 0 fully saturated rings. The molecule has 1 heterocycles. The molecule has 0 atom stereocenters. The topological polar surface area (TPSA) is 48.1 Å². The third-order valence-corrected chi connectivity index (χ3v) is 2.36. The van der Waals surface area contributed by atoms with Crippen LogP contribution in [0.25, 0.3) is 10.9 Å². The van der Waals surface area contributed by atoms with Crippen molar-refractivity contribution in [3.63, 3.8) is 0 Å². The highest BCUT2D eigenvalue weighted by molar-refractivity contribution is 6.25. The first kappa shape index (κ1) is 10.8. The van der Waals surface area contributed by atoms with Crippen LogP contribution in [-0.2, 0) is 0 Å². The fraction of sp³-hybridized carbons (Fsp3) is 0.0833. The number of fused-ring (bicyclic) bond motifs is 1. The zero-order valence-electron chi connectivity index (χ0n) is 8.56. The van der Waals surface area contributed by atoms with Crippen molar-refractivity contribution in [2.45, 2.75) is 0 Å². The number of ether oxygens (including phenoxy) is 1. The van der Waals surface area contributed by atoms with Crippen molar-refractivity contribution < 1.29 is 4.74 Å². The first-order valence-electron chi connectivity index (χ1n) is 4.84. The van der Waals surface area contributed by atoms with E-state index in [0.29, 0.717) is 12.3 Å². The highest BCUT2D eigenvalue weighted by Gasteiger charge is 2.04. The molecule has 0 amide bonds. The van der Waals surface area contributed by atoms with Crippen LogP contribution in [0.3, 0.4) is 0 Å². The van der Waals surface area contributed by atoms with Gasteiger partial charge in [0.15, 0.2) is 0 Å². The Morgan fingerprint density at radius 3 is 3.06 bits per heavy atom. The minimum absolute atomic E-state index is 0.428. The van der Waals surface area contributed by atoms with Crippen LogP contribution in [0, 0.1) is 0 Å². The number of halogens is 1. The summed E-state index contributed by atoms with van der Waals surface area (Å²) in [5.74, 6) is 0.757. The Hall–Kier alpha value is -1.74. The van der Waals surface area contributed by atoms with Crippen molar-refractivity contribution in [2.24, 2.45) is 0 Å². The van der Waals surface area contributed by atoms with Gasteiger partial charge >= 0.3 is 0 Å². The van der Waals surface area contributed by atoms with Gasteiger partial charge in [-0.2, -0.15) is 0 Å². The zero-order chi connectivity index (χ0) is 11.4. The molecule has 3 nitrogen and oxygen atoms in total. The summed E-state index contributed by atoms with van der Waals surface area (Å²) in [5.41, 5.74) is 8.66. The molecule has 2 N–H and O–H groups in total. The first-order valence-corrected chi connectivity index (χ1v) is 5.28. The standard InChI is InChI=1S/C12H11ClN2O/c13-6-2-8-16-11-5-4-10(14)12-9(11)3-1-7-15-12/h1-7H,8,14H2/b6-2+. The zero-order valence-corrected chi connectivity index (χ0v) is 9.32. The number of nitrogen functional groups attached to an aromatic ring is 1. The van der Waals surface area contributed by atoms with Gasteiger partial charge in [-0.15, -0.1) is 0 Å². The van der Waals surface area contributed by atoms with Gasteiger partial charge in [0.1, 0.15) is 12.4 Å².